The monoisotopic (exact) mass is 304 g/mol. The number of carbonyl (C=O) groups is 1. The Bertz CT molecular complexity index is 655. The van der Waals surface area contributed by atoms with Crippen LogP contribution in [-0.4, -0.2) is 33.9 Å². The topological polar surface area (TPSA) is 69.0 Å². The zero-order valence-electron chi connectivity index (χ0n) is 11.5. The summed E-state index contributed by atoms with van der Waals surface area (Å²) in [4.78, 5) is 16.7. The van der Waals surface area contributed by atoms with E-state index < -0.39 is 0 Å². The van der Waals surface area contributed by atoms with Crippen molar-refractivity contribution in [2.24, 2.45) is 0 Å². The molecule has 1 saturated carbocycles. The van der Waals surface area contributed by atoms with Crippen molar-refractivity contribution in [1.29, 1.82) is 0 Å². The van der Waals surface area contributed by atoms with Crippen LogP contribution in [-0.2, 0) is 4.74 Å². The molecule has 1 atom stereocenters. The summed E-state index contributed by atoms with van der Waals surface area (Å²) < 4.78 is 7.21. The van der Waals surface area contributed by atoms with Gasteiger partial charge in [-0.15, -0.1) is 11.3 Å². The molecule has 2 aliphatic rings. The van der Waals surface area contributed by atoms with Gasteiger partial charge in [0.05, 0.1) is 23.9 Å². The number of anilines is 1. The predicted molar refractivity (Wildman–Crippen MR) is 78.7 cm³/mol. The van der Waals surface area contributed by atoms with E-state index in [2.05, 4.69) is 15.4 Å². The lowest BCUT2D eigenvalue weighted by atomic mass is 10.3. The van der Waals surface area contributed by atoms with Gasteiger partial charge in [0.25, 0.3) is 5.91 Å². The Kier molecular flexibility index (Phi) is 3.23. The zero-order valence-corrected chi connectivity index (χ0v) is 12.3. The van der Waals surface area contributed by atoms with Gasteiger partial charge >= 0.3 is 0 Å². The molecule has 21 heavy (non-hydrogen) atoms. The Morgan fingerprint density at radius 2 is 2.33 bits per heavy atom. The van der Waals surface area contributed by atoms with E-state index in [4.69, 9.17) is 4.74 Å². The van der Waals surface area contributed by atoms with Crippen LogP contribution in [0.5, 0.6) is 0 Å². The van der Waals surface area contributed by atoms with E-state index in [1.54, 1.807) is 17.5 Å². The van der Waals surface area contributed by atoms with Crippen molar-refractivity contribution < 1.29 is 9.53 Å². The molecule has 110 valence electrons. The van der Waals surface area contributed by atoms with Crippen molar-refractivity contribution >= 4 is 23.1 Å². The van der Waals surface area contributed by atoms with Crippen LogP contribution >= 0.6 is 11.3 Å². The number of amides is 1. The highest BCUT2D eigenvalue weighted by Crippen LogP contribution is 2.41. The second-order valence-electron chi connectivity index (χ2n) is 5.48. The molecule has 2 aromatic heterocycles. The van der Waals surface area contributed by atoms with Crippen molar-refractivity contribution in [3.8, 4) is 0 Å². The summed E-state index contributed by atoms with van der Waals surface area (Å²) >= 11 is 1.58. The molecule has 1 amide bonds. The number of nitrogens with one attached hydrogen (secondary N) is 1. The molecule has 0 radical (unpaired) electrons. The van der Waals surface area contributed by atoms with E-state index in [-0.39, 0.29) is 11.9 Å². The SMILES string of the molecule is O=C(Nc1ccnn1C1CCOC1)c1csc(C2CC2)n1. The number of nitrogens with zero attached hydrogens (tertiary/aromatic N) is 3. The molecule has 0 bridgehead atoms. The molecule has 2 fully saturated rings. The Morgan fingerprint density at radius 3 is 3.10 bits per heavy atom. The van der Waals surface area contributed by atoms with E-state index in [1.807, 2.05) is 16.1 Å². The maximum Gasteiger partial charge on any atom is 0.276 e. The number of hydrogen-bond donors (Lipinski definition) is 1. The minimum Gasteiger partial charge on any atom is -0.379 e. The zero-order chi connectivity index (χ0) is 14.2. The standard InChI is InChI=1S/C14H16N4O2S/c19-13(11-8-21-14(16-11)9-1-2-9)17-12-3-5-15-18(12)10-4-6-20-7-10/h3,5,8-10H,1-2,4,6-7H2,(H,17,19). The Hall–Kier alpha value is -1.73. The maximum atomic E-state index is 12.3. The van der Waals surface area contributed by atoms with Crippen LogP contribution in [0.1, 0.15) is 46.7 Å². The van der Waals surface area contributed by atoms with Crippen LogP contribution in [0.3, 0.4) is 0 Å². The molecule has 6 nitrogen and oxygen atoms in total. The van der Waals surface area contributed by atoms with Crippen molar-refractivity contribution in [2.75, 3.05) is 18.5 Å². The van der Waals surface area contributed by atoms with E-state index in [0.717, 1.165) is 18.0 Å². The average molecular weight is 304 g/mol. The fourth-order valence-corrected chi connectivity index (χ4v) is 3.48. The van der Waals surface area contributed by atoms with Gasteiger partial charge in [0.1, 0.15) is 11.5 Å². The number of rotatable bonds is 4. The number of aromatic nitrogens is 3. The summed E-state index contributed by atoms with van der Waals surface area (Å²) in [6.07, 6.45) is 5.02. The Balaban J connectivity index is 1.49. The lowest BCUT2D eigenvalue weighted by Crippen LogP contribution is -2.19. The van der Waals surface area contributed by atoms with Gasteiger partial charge in [0, 0.05) is 24.0 Å². The van der Waals surface area contributed by atoms with Crippen LogP contribution in [0.4, 0.5) is 5.82 Å². The minimum atomic E-state index is -0.168. The lowest BCUT2D eigenvalue weighted by molar-refractivity contribution is 0.102. The molecule has 7 heteroatoms. The highest BCUT2D eigenvalue weighted by atomic mass is 32.1. The number of thiazole rings is 1. The second-order valence-corrected chi connectivity index (χ2v) is 6.37. The summed E-state index contributed by atoms with van der Waals surface area (Å²) in [5, 5.41) is 10.1. The summed E-state index contributed by atoms with van der Waals surface area (Å²) in [6.45, 7) is 1.39. The minimum absolute atomic E-state index is 0.168. The van der Waals surface area contributed by atoms with Crippen LogP contribution in [0.25, 0.3) is 0 Å². The highest BCUT2D eigenvalue weighted by molar-refractivity contribution is 7.10. The summed E-state index contributed by atoms with van der Waals surface area (Å²) in [7, 11) is 0. The fourth-order valence-electron chi connectivity index (χ4n) is 2.51. The molecule has 1 aliphatic carbocycles. The summed E-state index contributed by atoms with van der Waals surface area (Å²) in [5.41, 5.74) is 0.498. The molecular weight excluding hydrogens is 288 g/mol. The molecule has 0 spiro atoms. The van der Waals surface area contributed by atoms with E-state index in [1.165, 1.54) is 12.8 Å². The predicted octanol–water partition coefficient (Wildman–Crippen LogP) is 2.43. The van der Waals surface area contributed by atoms with Gasteiger partial charge in [-0.25, -0.2) is 9.67 Å². The van der Waals surface area contributed by atoms with E-state index in [0.29, 0.717) is 24.0 Å². The van der Waals surface area contributed by atoms with Gasteiger partial charge in [-0.05, 0) is 19.3 Å². The van der Waals surface area contributed by atoms with Gasteiger partial charge in [-0.2, -0.15) is 5.10 Å². The first-order chi connectivity index (χ1) is 10.3. The first-order valence-electron chi connectivity index (χ1n) is 7.19. The van der Waals surface area contributed by atoms with Gasteiger partial charge in [0.15, 0.2) is 0 Å². The molecule has 3 heterocycles. The molecular formula is C14H16N4O2S. The Labute approximate surface area is 126 Å². The fraction of sp³-hybridized carbons (Fsp3) is 0.500. The van der Waals surface area contributed by atoms with Crippen molar-refractivity contribution in [3.05, 3.63) is 28.3 Å². The Morgan fingerprint density at radius 1 is 1.43 bits per heavy atom. The summed E-state index contributed by atoms with van der Waals surface area (Å²) in [6, 6.07) is 2.01. The van der Waals surface area contributed by atoms with Crippen molar-refractivity contribution in [1.82, 2.24) is 14.8 Å². The quantitative estimate of drug-likeness (QED) is 0.942. The van der Waals surface area contributed by atoms with Crippen LogP contribution in [0.15, 0.2) is 17.6 Å². The third kappa shape index (κ3) is 2.58. The van der Waals surface area contributed by atoms with Crippen LogP contribution in [0, 0.1) is 0 Å². The first-order valence-corrected chi connectivity index (χ1v) is 8.07. The molecule has 1 unspecified atom stereocenters. The highest BCUT2D eigenvalue weighted by Gasteiger charge is 2.28. The molecule has 2 aromatic rings. The van der Waals surface area contributed by atoms with Crippen molar-refractivity contribution in [2.45, 2.75) is 31.2 Å². The smallest absolute Gasteiger partial charge is 0.276 e. The molecule has 4 rings (SSSR count). The largest absolute Gasteiger partial charge is 0.379 e. The van der Waals surface area contributed by atoms with Gasteiger partial charge < -0.3 is 10.1 Å². The third-order valence-corrected chi connectivity index (χ3v) is 4.85. The molecule has 1 N–H and O–H groups in total. The van der Waals surface area contributed by atoms with Crippen molar-refractivity contribution in [3.63, 3.8) is 0 Å². The second kappa shape index (κ2) is 5.23. The van der Waals surface area contributed by atoms with Gasteiger partial charge in [-0.3, -0.25) is 4.79 Å². The molecule has 0 aromatic carbocycles. The first kappa shape index (κ1) is 13.0. The number of ether oxygens (including phenoxy) is 1. The normalized spacial score (nSPS) is 21.6. The van der Waals surface area contributed by atoms with E-state index >= 15 is 0 Å². The maximum absolute atomic E-state index is 12.3. The van der Waals surface area contributed by atoms with Gasteiger partial charge in [0.2, 0.25) is 0 Å². The van der Waals surface area contributed by atoms with E-state index in [9.17, 15) is 4.79 Å². The number of carbonyl (C=O) groups excluding carboxylic acids is 1. The third-order valence-electron chi connectivity index (χ3n) is 3.84. The molecule has 1 saturated heterocycles. The van der Waals surface area contributed by atoms with Crippen LogP contribution < -0.4 is 5.32 Å². The molecule has 1 aliphatic heterocycles. The number of hydrogen-bond acceptors (Lipinski definition) is 5. The lowest BCUT2D eigenvalue weighted by Gasteiger charge is -2.12. The summed E-state index contributed by atoms with van der Waals surface area (Å²) in [5.74, 6) is 1.12. The van der Waals surface area contributed by atoms with Crippen LogP contribution in [0.2, 0.25) is 0 Å². The average Bonchev–Trinajstić information content (AvgIpc) is 2.95. The van der Waals surface area contributed by atoms with Gasteiger partial charge in [-0.1, -0.05) is 0 Å².